The van der Waals surface area contributed by atoms with Gasteiger partial charge in [-0.1, -0.05) is 24.3 Å². The van der Waals surface area contributed by atoms with Gasteiger partial charge < -0.3 is 10.2 Å². The highest BCUT2D eigenvalue weighted by atomic mass is 19.1. The molecule has 0 aliphatic rings. The zero-order valence-electron chi connectivity index (χ0n) is 12.4. The molecule has 22 heavy (non-hydrogen) atoms. The van der Waals surface area contributed by atoms with Gasteiger partial charge in [-0.15, -0.1) is 0 Å². The van der Waals surface area contributed by atoms with Crippen LogP contribution in [0.2, 0.25) is 0 Å². The van der Waals surface area contributed by atoms with Crippen molar-refractivity contribution in [3.63, 3.8) is 0 Å². The maximum atomic E-state index is 13.1. The fourth-order valence-electron chi connectivity index (χ4n) is 2.20. The normalized spacial score (nSPS) is 12.0. The Balaban J connectivity index is 1.77. The van der Waals surface area contributed by atoms with Crippen LogP contribution in [-0.2, 0) is 17.9 Å². The second kappa shape index (κ2) is 7.66. The maximum absolute atomic E-state index is 13.1. The second-order valence-electron chi connectivity index (χ2n) is 5.34. The maximum Gasteiger partial charge on any atom is 0.275 e. The highest BCUT2D eigenvalue weighted by Gasteiger charge is 2.10. The number of hydrogen-bond acceptors (Lipinski definition) is 1. The SMILES string of the molecule is C[NH+](CC(=O)NCc1ccc(F)cc1)Cc1cccc(F)c1. The first-order valence-electron chi connectivity index (χ1n) is 7.10. The molecule has 0 aromatic heterocycles. The van der Waals surface area contributed by atoms with Gasteiger partial charge in [-0.25, -0.2) is 8.78 Å². The molecule has 0 spiro atoms. The molecule has 116 valence electrons. The third kappa shape index (κ3) is 5.26. The molecule has 0 fully saturated rings. The van der Waals surface area contributed by atoms with Crippen molar-refractivity contribution in [3.05, 3.63) is 71.3 Å². The first-order chi connectivity index (χ1) is 10.5. The van der Waals surface area contributed by atoms with Crippen LogP contribution in [0.15, 0.2) is 48.5 Å². The lowest BCUT2D eigenvalue weighted by Crippen LogP contribution is -3.08. The van der Waals surface area contributed by atoms with E-state index in [1.807, 2.05) is 13.1 Å². The van der Waals surface area contributed by atoms with E-state index in [2.05, 4.69) is 5.32 Å². The third-order valence-electron chi connectivity index (χ3n) is 3.26. The van der Waals surface area contributed by atoms with E-state index < -0.39 is 0 Å². The van der Waals surface area contributed by atoms with Crippen LogP contribution < -0.4 is 10.2 Å². The summed E-state index contributed by atoms with van der Waals surface area (Å²) in [7, 11) is 1.88. The van der Waals surface area contributed by atoms with Crippen molar-refractivity contribution >= 4 is 5.91 Å². The number of nitrogens with one attached hydrogen (secondary N) is 2. The molecule has 0 bridgehead atoms. The lowest BCUT2D eigenvalue weighted by Gasteiger charge is -2.14. The second-order valence-corrected chi connectivity index (χ2v) is 5.34. The van der Waals surface area contributed by atoms with Gasteiger partial charge in [-0.3, -0.25) is 4.79 Å². The standard InChI is InChI=1S/C17H18F2N2O/c1-21(11-14-3-2-4-16(19)9-14)12-17(22)20-10-13-5-7-15(18)8-6-13/h2-9H,10-12H2,1H3,(H,20,22)/p+1. The summed E-state index contributed by atoms with van der Waals surface area (Å²) in [5, 5.41) is 2.79. The zero-order chi connectivity index (χ0) is 15.9. The molecule has 3 nitrogen and oxygen atoms in total. The van der Waals surface area contributed by atoms with E-state index in [1.165, 1.54) is 24.3 Å². The molecule has 1 unspecified atom stereocenters. The van der Waals surface area contributed by atoms with Crippen molar-refractivity contribution in [2.45, 2.75) is 13.1 Å². The van der Waals surface area contributed by atoms with E-state index in [0.717, 1.165) is 16.0 Å². The summed E-state index contributed by atoms with van der Waals surface area (Å²) in [5.74, 6) is -0.668. The molecule has 5 heteroatoms. The number of likely N-dealkylation sites (N-methyl/N-ethyl adjacent to an activating group) is 1. The number of quaternary nitrogens is 1. The highest BCUT2D eigenvalue weighted by Crippen LogP contribution is 2.02. The average molecular weight is 305 g/mol. The quantitative estimate of drug-likeness (QED) is 0.829. The largest absolute Gasteiger partial charge is 0.347 e. The van der Waals surface area contributed by atoms with Crippen molar-refractivity contribution < 1.29 is 18.5 Å². The molecule has 0 aliphatic carbocycles. The third-order valence-corrected chi connectivity index (χ3v) is 3.26. The van der Waals surface area contributed by atoms with E-state index in [9.17, 15) is 13.6 Å². The van der Waals surface area contributed by atoms with E-state index in [4.69, 9.17) is 0 Å². The lowest BCUT2D eigenvalue weighted by molar-refractivity contribution is -0.885. The van der Waals surface area contributed by atoms with Crippen molar-refractivity contribution in [3.8, 4) is 0 Å². The van der Waals surface area contributed by atoms with Gasteiger partial charge in [0.15, 0.2) is 6.54 Å². The van der Waals surface area contributed by atoms with Crippen molar-refractivity contribution in [1.82, 2.24) is 5.32 Å². The van der Waals surface area contributed by atoms with Gasteiger partial charge in [0.05, 0.1) is 7.05 Å². The lowest BCUT2D eigenvalue weighted by atomic mass is 10.2. The van der Waals surface area contributed by atoms with E-state index >= 15 is 0 Å². The molecule has 0 heterocycles. The Kier molecular flexibility index (Phi) is 5.61. The Morgan fingerprint density at radius 1 is 1.05 bits per heavy atom. The van der Waals surface area contributed by atoms with E-state index in [0.29, 0.717) is 13.1 Å². The fourth-order valence-corrected chi connectivity index (χ4v) is 2.20. The van der Waals surface area contributed by atoms with E-state index in [1.54, 1.807) is 18.2 Å². The summed E-state index contributed by atoms with van der Waals surface area (Å²) in [6, 6.07) is 12.4. The van der Waals surface area contributed by atoms with Crippen LogP contribution in [0.5, 0.6) is 0 Å². The summed E-state index contributed by atoms with van der Waals surface area (Å²) in [6.45, 7) is 1.23. The van der Waals surface area contributed by atoms with Gasteiger partial charge >= 0.3 is 0 Å². The Morgan fingerprint density at radius 3 is 2.45 bits per heavy atom. The Hall–Kier alpha value is -2.27. The van der Waals surface area contributed by atoms with Crippen LogP contribution in [0.4, 0.5) is 8.78 Å². The smallest absolute Gasteiger partial charge is 0.275 e. The molecule has 0 saturated heterocycles. The molecule has 2 N–H and O–H groups in total. The molecule has 2 aromatic rings. The number of carbonyl (C=O) groups excluding carboxylic acids is 1. The van der Waals surface area contributed by atoms with Gasteiger partial charge in [0.2, 0.25) is 0 Å². The average Bonchev–Trinajstić information content (AvgIpc) is 2.46. The summed E-state index contributed by atoms with van der Waals surface area (Å²) >= 11 is 0. The number of hydrogen-bond donors (Lipinski definition) is 2. The van der Waals surface area contributed by atoms with Gasteiger partial charge in [-0.05, 0) is 29.8 Å². The van der Waals surface area contributed by atoms with Crippen LogP contribution in [0.25, 0.3) is 0 Å². The Bertz CT molecular complexity index is 629. The molecule has 1 atom stereocenters. The minimum atomic E-state index is -0.297. The van der Waals surface area contributed by atoms with Gasteiger partial charge in [0.25, 0.3) is 5.91 Å². The number of carbonyl (C=O) groups is 1. The summed E-state index contributed by atoms with van der Waals surface area (Å²) < 4.78 is 25.9. The van der Waals surface area contributed by atoms with Crippen LogP contribution >= 0.6 is 0 Å². The van der Waals surface area contributed by atoms with Gasteiger partial charge in [0.1, 0.15) is 18.2 Å². The predicted molar refractivity (Wildman–Crippen MR) is 80.1 cm³/mol. The Labute approximate surface area is 128 Å². The van der Waals surface area contributed by atoms with Gasteiger partial charge in [-0.2, -0.15) is 0 Å². The minimum absolute atomic E-state index is 0.0989. The molecular formula is C17H19F2N2O+. The molecular weight excluding hydrogens is 286 g/mol. The fraction of sp³-hybridized carbons (Fsp3) is 0.235. The highest BCUT2D eigenvalue weighted by molar-refractivity contribution is 5.76. The molecule has 0 aliphatic heterocycles. The first kappa shape index (κ1) is 16.1. The van der Waals surface area contributed by atoms with Crippen LogP contribution in [0, 0.1) is 11.6 Å². The van der Waals surface area contributed by atoms with E-state index in [-0.39, 0.29) is 24.1 Å². The van der Waals surface area contributed by atoms with Crippen molar-refractivity contribution in [2.75, 3.05) is 13.6 Å². The van der Waals surface area contributed by atoms with Gasteiger partial charge in [0, 0.05) is 12.1 Å². The summed E-state index contributed by atoms with van der Waals surface area (Å²) in [6.07, 6.45) is 0. The number of benzene rings is 2. The van der Waals surface area contributed by atoms with Crippen LogP contribution in [-0.4, -0.2) is 19.5 Å². The number of amides is 1. The predicted octanol–water partition coefficient (Wildman–Crippen LogP) is 1.30. The topological polar surface area (TPSA) is 33.5 Å². The number of halogens is 2. The zero-order valence-corrected chi connectivity index (χ0v) is 12.4. The molecule has 2 aromatic carbocycles. The van der Waals surface area contributed by atoms with Crippen molar-refractivity contribution in [2.24, 2.45) is 0 Å². The number of rotatable bonds is 6. The van der Waals surface area contributed by atoms with Crippen molar-refractivity contribution in [1.29, 1.82) is 0 Å². The molecule has 1 amide bonds. The van der Waals surface area contributed by atoms with Crippen LogP contribution in [0.3, 0.4) is 0 Å². The van der Waals surface area contributed by atoms with Crippen LogP contribution in [0.1, 0.15) is 11.1 Å². The first-order valence-corrected chi connectivity index (χ1v) is 7.10. The minimum Gasteiger partial charge on any atom is -0.347 e. The molecule has 0 saturated carbocycles. The Morgan fingerprint density at radius 2 is 1.77 bits per heavy atom. The molecule has 2 rings (SSSR count). The monoisotopic (exact) mass is 305 g/mol. The summed E-state index contributed by atoms with van der Waals surface area (Å²) in [5.41, 5.74) is 1.70. The summed E-state index contributed by atoms with van der Waals surface area (Å²) in [4.78, 5) is 12.8. The molecule has 0 radical (unpaired) electrons.